The summed E-state index contributed by atoms with van der Waals surface area (Å²) in [4.78, 5) is 12.5. The van der Waals surface area contributed by atoms with Gasteiger partial charge in [-0.05, 0) is 71.8 Å². The van der Waals surface area contributed by atoms with Gasteiger partial charge in [-0.15, -0.1) is 0 Å². The molecule has 0 saturated heterocycles. The van der Waals surface area contributed by atoms with Gasteiger partial charge < -0.3 is 0 Å². The van der Waals surface area contributed by atoms with E-state index in [2.05, 4.69) is 38.5 Å². The lowest BCUT2D eigenvalue weighted by Crippen LogP contribution is -2.04. The standard InChI is InChI=1S/C15H12BrIO/c1-9-3-4-11(7-10(9)2)15(18)13-8-12(16)5-6-14(13)17/h3-8H,1-2H3. The summed E-state index contributed by atoms with van der Waals surface area (Å²) in [5.41, 5.74) is 3.84. The van der Waals surface area contributed by atoms with Crippen LogP contribution in [-0.2, 0) is 0 Å². The number of halogens is 2. The highest BCUT2D eigenvalue weighted by Crippen LogP contribution is 2.22. The minimum Gasteiger partial charge on any atom is -0.289 e. The van der Waals surface area contributed by atoms with Crippen LogP contribution in [0.4, 0.5) is 0 Å². The van der Waals surface area contributed by atoms with Crippen molar-refractivity contribution in [2.24, 2.45) is 0 Å². The first-order valence-corrected chi connectivity index (χ1v) is 7.43. The van der Waals surface area contributed by atoms with Crippen molar-refractivity contribution in [1.29, 1.82) is 0 Å². The minimum atomic E-state index is 0.0730. The molecule has 0 aliphatic heterocycles. The molecule has 0 radical (unpaired) electrons. The van der Waals surface area contributed by atoms with E-state index < -0.39 is 0 Å². The fraction of sp³-hybridized carbons (Fsp3) is 0.133. The van der Waals surface area contributed by atoms with Gasteiger partial charge >= 0.3 is 0 Å². The first-order valence-electron chi connectivity index (χ1n) is 5.56. The molecule has 0 spiro atoms. The molecule has 0 amide bonds. The van der Waals surface area contributed by atoms with Gasteiger partial charge in [0.05, 0.1) is 0 Å². The predicted molar refractivity (Wildman–Crippen MR) is 86.2 cm³/mol. The van der Waals surface area contributed by atoms with Crippen LogP contribution in [0.15, 0.2) is 40.9 Å². The molecular weight excluding hydrogens is 403 g/mol. The second kappa shape index (κ2) is 5.53. The number of hydrogen-bond donors (Lipinski definition) is 0. The molecule has 0 N–H and O–H groups in total. The van der Waals surface area contributed by atoms with Gasteiger partial charge in [0.2, 0.25) is 0 Å². The van der Waals surface area contributed by atoms with E-state index in [1.165, 1.54) is 5.56 Å². The first-order chi connectivity index (χ1) is 8.49. The Balaban J connectivity index is 2.47. The Kier molecular flexibility index (Phi) is 4.22. The van der Waals surface area contributed by atoms with E-state index in [1.807, 2.05) is 50.2 Å². The van der Waals surface area contributed by atoms with Crippen LogP contribution in [-0.4, -0.2) is 5.78 Å². The van der Waals surface area contributed by atoms with Gasteiger partial charge in [0.15, 0.2) is 5.78 Å². The Morgan fingerprint density at radius 3 is 2.44 bits per heavy atom. The molecule has 0 aliphatic carbocycles. The third kappa shape index (κ3) is 2.83. The summed E-state index contributed by atoms with van der Waals surface area (Å²) in [6.45, 7) is 4.07. The van der Waals surface area contributed by atoms with Crippen LogP contribution in [0.25, 0.3) is 0 Å². The van der Waals surface area contributed by atoms with Crippen LogP contribution < -0.4 is 0 Å². The number of ketones is 1. The SMILES string of the molecule is Cc1ccc(C(=O)c2cc(Br)ccc2I)cc1C. The van der Waals surface area contributed by atoms with Gasteiger partial charge in [-0.2, -0.15) is 0 Å². The monoisotopic (exact) mass is 414 g/mol. The van der Waals surface area contributed by atoms with Crippen molar-refractivity contribution in [3.63, 3.8) is 0 Å². The molecule has 18 heavy (non-hydrogen) atoms. The maximum Gasteiger partial charge on any atom is 0.194 e. The molecule has 0 aromatic heterocycles. The summed E-state index contributed by atoms with van der Waals surface area (Å²) >= 11 is 5.60. The average molecular weight is 415 g/mol. The molecule has 0 fully saturated rings. The second-order valence-electron chi connectivity index (χ2n) is 4.25. The van der Waals surface area contributed by atoms with Crippen molar-refractivity contribution in [2.45, 2.75) is 13.8 Å². The molecule has 0 bridgehead atoms. The van der Waals surface area contributed by atoms with Crippen LogP contribution in [0.1, 0.15) is 27.0 Å². The number of carbonyl (C=O) groups excluding carboxylic acids is 1. The Morgan fingerprint density at radius 1 is 1.06 bits per heavy atom. The topological polar surface area (TPSA) is 17.1 Å². The summed E-state index contributed by atoms with van der Waals surface area (Å²) < 4.78 is 1.90. The number of rotatable bonds is 2. The van der Waals surface area contributed by atoms with Crippen molar-refractivity contribution in [3.8, 4) is 0 Å². The van der Waals surface area contributed by atoms with Crippen LogP contribution in [0.2, 0.25) is 0 Å². The Labute approximate surface area is 129 Å². The second-order valence-corrected chi connectivity index (χ2v) is 6.33. The van der Waals surface area contributed by atoms with E-state index in [9.17, 15) is 4.79 Å². The zero-order chi connectivity index (χ0) is 13.3. The lowest BCUT2D eigenvalue weighted by molar-refractivity contribution is 0.103. The maximum absolute atomic E-state index is 12.5. The molecule has 0 atom stereocenters. The fourth-order valence-corrected chi connectivity index (χ4v) is 2.65. The van der Waals surface area contributed by atoms with E-state index in [-0.39, 0.29) is 5.78 Å². The quantitative estimate of drug-likeness (QED) is 0.504. The highest BCUT2D eigenvalue weighted by Gasteiger charge is 2.13. The summed E-state index contributed by atoms with van der Waals surface area (Å²) in [5.74, 6) is 0.0730. The van der Waals surface area contributed by atoms with Crippen molar-refractivity contribution >= 4 is 44.3 Å². The molecular formula is C15H12BrIO. The van der Waals surface area contributed by atoms with Gasteiger partial charge in [-0.3, -0.25) is 4.79 Å². The molecule has 1 nitrogen and oxygen atoms in total. The van der Waals surface area contributed by atoms with Crippen LogP contribution in [0.3, 0.4) is 0 Å². The third-order valence-electron chi connectivity index (χ3n) is 2.94. The molecule has 2 rings (SSSR count). The van der Waals surface area contributed by atoms with Crippen molar-refractivity contribution in [3.05, 3.63) is 66.7 Å². The van der Waals surface area contributed by atoms with Gasteiger partial charge in [0, 0.05) is 19.2 Å². The highest BCUT2D eigenvalue weighted by molar-refractivity contribution is 14.1. The molecule has 2 aromatic rings. The van der Waals surface area contributed by atoms with Crippen molar-refractivity contribution in [2.75, 3.05) is 0 Å². The highest BCUT2D eigenvalue weighted by atomic mass is 127. The summed E-state index contributed by atoms with van der Waals surface area (Å²) in [6.07, 6.45) is 0. The molecule has 0 unspecified atom stereocenters. The molecule has 0 aliphatic rings. The molecule has 92 valence electrons. The predicted octanol–water partition coefficient (Wildman–Crippen LogP) is 4.90. The largest absolute Gasteiger partial charge is 0.289 e. The number of aryl methyl sites for hydroxylation is 2. The van der Waals surface area contributed by atoms with E-state index in [0.717, 1.165) is 24.7 Å². The number of hydrogen-bond acceptors (Lipinski definition) is 1. The smallest absolute Gasteiger partial charge is 0.194 e. The third-order valence-corrected chi connectivity index (χ3v) is 4.38. The first kappa shape index (κ1) is 13.7. The van der Waals surface area contributed by atoms with Crippen LogP contribution >= 0.6 is 38.5 Å². The lowest BCUT2D eigenvalue weighted by atomic mass is 9.99. The van der Waals surface area contributed by atoms with Crippen molar-refractivity contribution < 1.29 is 4.79 Å². The normalized spacial score (nSPS) is 10.4. The summed E-state index contributed by atoms with van der Waals surface area (Å²) in [5, 5.41) is 0. The average Bonchev–Trinajstić information content (AvgIpc) is 2.35. The molecule has 3 heteroatoms. The summed E-state index contributed by atoms with van der Waals surface area (Å²) in [6, 6.07) is 11.6. The number of carbonyl (C=O) groups is 1. The Hall–Kier alpha value is -0.680. The van der Waals surface area contributed by atoms with Crippen molar-refractivity contribution in [1.82, 2.24) is 0 Å². The summed E-state index contributed by atoms with van der Waals surface area (Å²) in [7, 11) is 0. The Morgan fingerprint density at radius 2 is 1.78 bits per heavy atom. The van der Waals surface area contributed by atoms with E-state index in [1.54, 1.807) is 0 Å². The minimum absolute atomic E-state index is 0.0730. The molecule has 2 aromatic carbocycles. The van der Waals surface area contributed by atoms with Gasteiger partial charge in [0.1, 0.15) is 0 Å². The van der Waals surface area contributed by atoms with Gasteiger partial charge in [0.25, 0.3) is 0 Å². The van der Waals surface area contributed by atoms with E-state index in [4.69, 9.17) is 0 Å². The van der Waals surface area contributed by atoms with Gasteiger partial charge in [-0.1, -0.05) is 28.1 Å². The van der Waals surface area contributed by atoms with Crippen LogP contribution in [0.5, 0.6) is 0 Å². The molecule has 0 saturated carbocycles. The van der Waals surface area contributed by atoms with E-state index in [0.29, 0.717) is 0 Å². The maximum atomic E-state index is 12.5. The Bertz CT molecular complexity index is 620. The lowest BCUT2D eigenvalue weighted by Gasteiger charge is -2.07. The molecule has 0 heterocycles. The zero-order valence-electron chi connectivity index (χ0n) is 10.1. The zero-order valence-corrected chi connectivity index (χ0v) is 13.9. The fourth-order valence-electron chi connectivity index (χ4n) is 1.71. The van der Waals surface area contributed by atoms with E-state index >= 15 is 0 Å². The number of benzene rings is 2. The van der Waals surface area contributed by atoms with Crippen LogP contribution in [0, 0.1) is 17.4 Å². The van der Waals surface area contributed by atoms with Gasteiger partial charge in [-0.25, -0.2) is 0 Å².